The van der Waals surface area contributed by atoms with Crippen LogP contribution < -0.4 is 11.1 Å². The molecule has 0 aliphatic heterocycles. The van der Waals surface area contributed by atoms with Gasteiger partial charge in [-0.3, -0.25) is 9.78 Å². The molecule has 0 aliphatic carbocycles. The van der Waals surface area contributed by atoms with Gasteiger partial charge in [-0.25, -0.2) is 0 Å². The van der Waals surface area contributed by atoms with Crippen LogP contribution in [0.1, 0.15) is 28.9 Å². The lowest BCUT2D eigenvalue weighted by molar-refractivity contribution is 0.0718. The minimum Gasteiger partial charge on any atom is -0.381 e. The topological polar surface area (TPSA) is 77.2 Å². The molecule has 5 nitrogen and oxygen atoms in total. The third-order valence-electron chi connectivity index (χ3n) is 3.10. The van der Waals surface area contributed by atoms with E-state index in [1.54, 1.807) is 12.3 Å². The van der Waals surface area contributed by atoms with E-state index in [0.717, 1.165) is 5.56 Å². The first-order valence-electron chi connectivity index (χ1n) is 6.86. The highest BCUT2D eigenvalue weighted by atomic mass is 16.5. The van der Waals surface area contributed by atoms with E-state index in [4.69, 9.17) is 10.5 Å². The average molecular weight is 285 g/mol. The molecule has 0 fully saturated rings. The summed E-state index contributed by atoms with van der Waals surface area (Å²) in [5.41, 5.74) is 7.47. The summed E-state index contributed by atoms with van der Waals surface area (Å²) in [7, 11) is 0. The second-order valence-corrected chi connectivity index (χ2v) is 4.52. The number of aromatic nitrogens is 1. The molecule has 1 heterocycles. The van der Waals surface area contributed by atoms with E-state index in [0.29, 0.717) is 24.4 Å². The van der Waals surface area contributed by atoms with Crippen LogP contribution in [0, 0.1) is 0 Å². The number of carbonyl (C=O) groups excluding carboxylic acids is 1. The number of rotatable bonds is 7. The summed E-state index contributed by atoms with van der Waals surface area (Å²) in [6.45, 7) is 3.11. The molecule has 0 aliphatic rings. The van der Waals surface area contributed by atoms with Gasteiger partial charge < -0.3 is 15.8 Å². The number of benzene rings is 1. The molecule has 1 aromatic heterocycles. The highest BCUT2D eigenvalue weighted by Gasteiger charge is 2.13. The minimum absolute atomic E-state index is 0.0925. The molecule has 5 heteroatoms. The van der Waals surface area contributed by atoms with E-state index in [1.807, 2.05) is 37.3 Å². The SMILES string of the molecule is CCOC(CNc1ccncc1C(N)=O)c1ccccc1. The maximum Gasteiger partial charge on any atom is 0.252 e. The second kappa shape index (κ2) is 7.40. The predicted molar refractivity (Wildman–Crippen MR) is 82.1 cm³/mol. The highest BCUT2D eigenvalue weighted by molar-refractivity contribution is 5.98. The summed E-state index contributed by atoms with van der Waals surface area (Å²) in [5.74, 6) is -0.502. The molecule has 0 saturated carbocycles. The number of ether oxygens (including phenoxy) is 1. The molecule has 1 atom stereocenters. The molecule has 21 heavy (non-hydrogen) atoms. The van der Waals surface area contributed by atoms with E-state index in [1.165, 1.54) is 6.20 Å². The van der Waals surface area contributed by atoms with Gasteiger partial charge in [-0.2, -0.15) is 0 Å². The Labute approximate surface area is 124 Å². The maximum atomic E-state index is 11.4. The van der Waals surface area contributed by atoms with Gasteiger partial charge in [0.05, 0.1) is 17.4 Å². The fraction of sp³-hybridized carbons (Fsp3) is 0.250. The molecule has 2 aromatic rings. The van der Waals surface area contributed by atoms with Crippen molar-refractivity contribution in [1.29, 1.82) is 0 Å². The normalized spacial score (nSPS) is 11.9. The number of anilines is 1. The summed E-state index contributed by atoms with van der Waals surface area (Å²) in [5, 5.41) is 3.21. The van der Waals surface area contributed by atoms with Crippen LogP contribution in [0.4, 0.5) is 5.69 Å². The van der Waals surface area contributed by atoms with E-state index in [-0.39, 0.29) is 6.10 Å². The van der Waals surface area contributed by atoms with Crippen molar-refractivity contribution < 1.29 is 9.53 Å². The van der Waals surface area contributed by atoms with Crippen molar-refractivity contribution in [2.24, 2.45) is 5.73 Å². The number of carbonyl (C=O) groups is 1. The highest BCUT2D eigenvalue weighted by Crippen LogP contribution is 2.19. The van der Waals surface area contributed by atoms with E-state index in [9.17, 15) is 4.79 Å². The zero-order chi connectivity index (χ0) is 15.1. The number of hydrogen-bond acceptors (Lipinski definition) is 4. The lowest BCUT2D eigenvalue weighted by Gasteiger charge is -2.19. The second-order valence-electron chi connectivity index (χ2n) is 4.52. The van der Waals surface area contributed by atoms with Crippen molar-refractivity contribution in [2.75, 3.05) is 18.5 Å². The third-order valence-corrected chi connectivity index (χ3v) is 3.10. The molecule has 0 spiro atoms. The Morgan fingerprint density at radius 2 is 2.10 bits per heavy atom. The number of nitrogens with one attached hydrogen (secondary N) is 1. The molecule has 1 aromatic carbocycles. The molecule has 3 N–H and O–H groups in total. The molecule has 1 unspecified atom stereocenters. The Kier molecular flexibility index (Phi) is 5.29. The summed E-state index contributed by atoms with van der Waals surface area (Å²) in [4.78, 5) is 15.3. The van der Waals surface area contributed by atoms with Crippen LogP contribution in [0.25, 0.3) is 0 Å². The van der Waals surface area contributed by atoms with Gasteiger partial charge in [-0.15, -0.1) is 0 Å². The van der Waals surface area contributed by atoms with Gasteiger partial charge in [-0.1, -0.05) is 30.3 Å². The lowest BCUT2D eigenvalue weighted by Crippen LogP contribution is -2.19. The fourth-order valence-electron chi connectivity index (χ4n) is 2.09. The standard InChI is InChI=1S/C16H19N3O2/c1-2-21-15(12-6-4-3-5-7-12)11-19-14-8-9-18-10-13(14)16(17)20/h3-10,15H,2,11H2,1H3,(H2,17,20)(H,18,19). The van der Waals surface area contributed by atoms with Gasteiger partial charge >= 0.3 is 0 Å². The van der Waals surface area contributed by atoms with E-state index >= 15 is 0 Å². The number of primary amides is 1. The molecule has 0 saturated heterocycles. The Morgan fingerprint density at radius 3 is 2.76 bits per heavy atom. The summed E-state index contributed by atoms with van der Waals surface area (Å²) < 4.78 is 5.76. The van der Waals surface area contributed by atoms with Crippen LogP contribution in [-0.2, 0) is 4.74 Å². The number of amides is 1. The first-order chi connectivity index (χ1) is 10.2. The largest absolute Gasteiger partial charge is 0.381 e. The quantitative estimate of drug-likeness (QED) is 0.818. The first kappa shape index (κ1) is 15.0. The van der Waals surface area contributed by atoms with E-state index in [2.05, 4.69) is 10.3 Å². The van der Waals surface area contributed by atoms with E-state index < -0.39 is 5.91 Å². The van der Waals surface area contributed by atoms with Gasteiger partial charge in [0.2, 0.25) is 0 Å². The lowest BCUT2D eigenvalue weighted by atomic mass is 10.1. The van der Waals surface area contributed by atoms with Crippen LogP contribution in [0.15, 0.2) is 48.8 Å². The van der Waals surface area contributed by atoms with Crippen LogP contribution in [-0.4, -0.2) is 24.0 Å². The van der Waals surface area contributed by atoms with Crippen molar-refractivity contribution in [3.05, 3.63) is 59.9 Å². The number of nitrogens with two attached hydrogens (primary N) is 1. The Morgan fingerprint density at radius 1 is 1.33 bits per heavy atom. The number of pyridine rings is 1. The van der Waals surface area contributed by atoms with Gasteiger partial charge in [0.25, 0.3) is 5.91 Å². The van der Waals surface area contributed by atoms with Crippen LogP contribution >= 0.6 is 0 Å². The van der Waals surface area contributed by atoms with Crippen molar-refractivity contribution in [1.82, 2.24) is 4.98 Å². The summed E-state index contributed by atoms with van der Waals surface area (Å²) in [6, 6.07) is 11.7. The van der Waals surface area contributed by atoms with Gasteiger partial charge in [0.1, 0.15) is 0 Å². The van der Waals surface area contributed by atoms with Crippen LogP contribution in [0.2, 0.25) is 0 Å². The number of nitrogens with zero attached hydrogens (tertiary/aromatic N) is 1. The molecular weight excluding hydrogens is 266 g/mol. The maximum absolute atomic E-state index is 11.4. The molecule has 1 amide bonds. The Bertz CT molecular complexity index is 587. The van der Waals surface area contributed by atoms with Crippen LogP contribution in [0.3, 0.4) is 0 Å². The molecule has 2 rings (SSSR count). The fourth-order valence-corrected chi connectivity index (χ4v) is 2.09. The zero-order valence-electron chi connectivity index (χ0n) is 12.0. The minimum atomic E-state index is -0.502. The monoisotopic (exact) mass is 285 g/mol. The molecule has 0 bridgehead atoms. The Balaban J connectivity index is 2.11. The zero-order valence-corrected chi connectivity index (χ0v) is 12.0. The Hall–Kier alpha value is -2.40. The third kappa shape index (κ3) is 4.03. The molecule has 0 radical (unpaired) electrons. The number of hydrogen-bond donors (Lipinski definition) is 2. The predicted octanol–water partition coefficient (Wildman–Crippen LogP) is 2.37. The smallest absolute Gasteiger partial charge is 0.252 e. The van der Waals surface area contributed by atoms with Crippen molar-refractivity contribution in [3.63, 3.8) is 0 Å². The van der Waals surface area contributed by atoms with Crippen molar-refractivity contribution in [2.45, 2.75) is 13.0 Å². The molecular formula is C16H19N3O2. The average Bonchev–Trinajstić information content (AvgIpc) is 2.52. The summed E-state index contributed by atoms with van der Waals surface area (Å²) in [6.07, 6.45) is 2.99. The first-order valence-corrected chi connectivity index (χ1v) is 6.86. The van der Waals surface area contributed by atoms with Crippen LogP contribution in [0.5, 0.6) is 0 Å². The summed E-state index contributed by atoms with van der Waals surface area (Å²) >= 11 is 0. The van der Waals surface area contributed by atoms with Crippen molar-refractivity contribution >= 4 is 11.6 Å². The van der Waals surface area contributed by atoms with Crippen molar-refractivity contribution in [3.8, 4) is 0 Å². The molecule has 110 valence electrons. The van der Waals surface area contributed by atoms with Gasteiger partial charge in [0.15, 0.2) is 0 Å². The van der Waals surface area contributed by atoms with Gasteiger partial charge in [-0.05, 0) is 18.6 Å². The van der Waals surface area contributed by atoms with Gasteiger partial charge in [0, 0.05) is 25.5 Å².